The van der Waals surface area contributed by atoms with Gasteiger partial charge in [-0.15, -0.1) is 0 Å². The van der Waals surface area contributed by atoms with Crippen LogP contribution in [0.25, 0.3) is 0 Å². The summed E-state index contributed by atoms with van der Waals surface area (Å²) in [6.45, 7) is 17.9. The van der Waals surface area contributed by atoms with Crippen LogP contribution in [0.3, 0.4) is 0 Å². The van der Waals surface area contributed by atoms with E-state index in [1.807, 2.05) is 27.0 Å². The fraction of sp³-hybridized carbons (Fsp3) is 0.762. The summed E-state index contributed by atoms with van der Waals surface area (Å²) in [4.78, 5) is 30.5. The molecule has 29 heavy (non-hydrogen) atoms. The van der Waals surface area contributed by atoms with Gasteiger partial charge in [-0.1, -0.05) is 0 Å². The van der Waals surface area contributed by atoms with Crippen molar-refractivity contribution in [1.82, 2.24) is 9.97 Å². The molecule has 1 aromatic heterocycles. The summed E-state index contributed by atoms with van der Waals surface area (Å²) in [7, 11) is -1.81. The maximum absolute atomic E-state index is 12.9. The minimum absolute atomic E-state index is 0.164. The van der Waals surface area contributed by atoms with Gasteiger partial charge in [0.15, 0.2) is 0 Å². The molecule has 0 aliphatic carbocycles. The van der Waals surface area contributed by atoms with E-state index in [9.17, 15) is 4.79 Å². The Kier molecular flexibility index (Phi) is 8.76. The van der Waals surface area contributed by atoms with Crippen LogP contribution in [0, 0.1) is 0 Å². The van der Waals surface area contributed by atoms with Gasteiger partial charge >= 0.3 is 183 Å². The van der Waals surface area contributed by atoms with Crippen molar-refractivity contribution >= 4 is 42.3 Å². The summed E-state index contributed by atoms with van der Waals surface area (Å²) in [6.07, 6.45) is 3.82. The Bertz CT molecular complexity index is 692. The van der Waals surface area contributed by atoms with Gasteiger partial charge in [0.2, 0.25) is 0 Å². The zero-order chi connectivity index (χ0) is 22.7. The van der Waals surface area contributed by atoms with Gasteiger partial charge in [-0.05, 0) is 0 Å². The predicted molar refractivity (Wildman–Crippen MR) is 126 cm³/mol. The summed E-state index contributed by atoms with van der Waals surface area (Å²) in [5.41, 5.74) is -0.568. The fourth-order valence-corrected chi connectivity index (χ4v) is 5.92. The van der Waals surface area contributed by atoms with E-state index >= 15 is 0 Å². The number of aromatic nitrogens is 2. The second-order valence-electron chi connectivity index (χ2n) is 11.1. The van der Waals surface area contributed by atoms with Crippen molar-refractivity contribution in [3.8, 4) is 0 Å². The average Bonchev–Trinajstić information content (AvgIpc) is 2.51. The number of ether oxygens (including phenoxy) is 1. The van der Waals surface area contributed by atoms with E-state index in [4.69, 9.17) is 14.1 Å². The number of hydrogen-bond donors (Lipinski definition) is 0. The third-order valence-electron chi connectivity index (χ3n) is 5.08. The molecule has 0 radical (unpaired) electrons. The quantitative estimate of drug-likeness (QED) is 0.360. The van der Waals surface area contributed by atoms with Crippen LogP contribution in [-0.4, -0.2) is 61.5 Å². The topological polar surface area (TPSA) is 64.5 Å². The first-order valence-electron chi connectivity index (χ1n) is 10.4. The van der Waals surface area contributed by atoms with E-state index in [2.05, 4.69) is 53.7 Å². The molecule has 0 aliphatic rings. The second kappa shape index (κ2) is 9.64. The molecule has 0 bridgehead atoms. The molecule has 0 aromatic carbocycles. The molecule has 0 saturated heterocycles. The SMILES string of the molecule is CC(C)(C)OC(=O)N(CCCO[Si](C)(C)C(C)(C)C)c1cnc[c]([Sn]([CH3])([CH3])[CH3])n1. The number of carbonyl (C=O) groups is 1. The summed E-state index contributed by atoms with van der Waals surface area (Å²) >= 11 is -2.41. The maximum atomic E-state index is 12.9. The molecule has 0 N–H and O–H groups in total. The molecule has 0 unspecified atom stereocenters. The van der Waals surface area contributed by atoms with Crippen LogP contribution in [0.2, 0.25) is 33.0 Å². The summed E-state index contributed by atoms with van der Waals surface area (Å²) in [5, 5.41) is 0.164. The molecule has 0 saturated carbocycles. The number of hydrogen-bond acceptors (Lipinski definition) is 5. The minimum atomic E-state index is -2.41. The molecule has 0 spiro atoms. The van der Waals surface area contributed by atoms with Crippen LogP contribution in [-0.2, 0) is 9.16 Å². The molecular formula is C21H41N3O3SiSn. The van der Waals surface area contributed by atoms with Crippen LogP contribution in [0.4, 0.5) is 10.6 Å². The zero-order valence-electron chi connectivity index (χ0n) is 20.3. The van der Waals surface area contributed by atoms with E-state index < -0.39 is 32.3 Å². The standard InChI is InChI=1S/C18H32N3O3Si.3CH3.Sn/c1-17(2,3)24-16(22)21(15-14-19-10-11-20-15)12-9-13-23-25(7,8)18(4,5)6;;;;/h10,14H,9,12-13H2,1-8H3;3*1H3;. The van der Waals surface area contributed by atoms with E-state index in [-0.39, 0.29) is 11.1 Å². The first-order chi connectivity index (χ1) is 12.9. The Morgan fingerprint density at radius 3 is 2.17 bits per heavy atom. The molecule has 166 valence electrons. The molecule has 1 rings (SSSR count). The molecule has 1 heterocycles. The number of carbonyl (C=O) groups excluding carboxylic acids is 1. The predicted octanol–water partition coefficient (Wildman–Crippen LogP) is 5.18. The summed E-state index contributed by atoms with van der Waals surface area (Å²) in [5.74, 6) is 0.565. The van der Waals surface area contributed by atoms with Crippen molar-refractivity contribution < 1.29 is 14.0 Å². The first-order valence-corrected chi connectivity index (χ1v) is 23.3. The Morgan fingerprint density at radius 1 is 1.10 bits per heavy atom. The number of nitrogens with zero attached hydrogens (tertiary/aromatic N) is 3. The van der Waals surface area contributed by atoms with Crippen LogP contribution < -0.4 is 8.61 Å². The van der Waals surface area contributed by atoms with Crippen LogP contribution in [0.15, 0.2) is 12.4 Å². The van der Waals surface area contributed by atoms with E-state index in [0.29, 0.717) is 19.0 Å². The van der Waals surface area contributed by atoms with Gasteiger partial charge in [0.25, 0.3) is 0 Å². The van der Waals surface area contributed by atoms with Crippen molar-refractivity contribution in [1.29, 1.82) is 0 Å². The molecule has 1 aromatic rings. The van der Waals surface area contributed by atoms with Crippen LogP contribution >= 0.6 is 0 Å². The monoisotopic (exact) mass is 531 g/mol. The van der Waals surface area contributed by atoms with Crippen molar-refractivity contribution in [2.24, 2.45) is 0 Å². The summed E-state index contributed by atoms with van der Waals surface area (Å²) in [6, 6.07) is 0. The van der Waals surface area contributed by atoms with E-state index in [0.717, 1.165) is 10.1 Å². The third kappa shape index (κ3) is 8.53. The first kappa shape index (κ1) is 26.4. The normalized spacial score (nSPS) is 13.3. The number of amides is 1. The third-order valence-corrected chi connectivity index (χ3v) is 14.7. The number of rotatable bonds is 7. The Labute approximate surface area is 182 Å². The van der Waals surface area contributed by atoms with Crippen molar-refractivity contribution in [2.45, 2.75) is 86.5 Å². The number of anilines is 1. The molecular weight excluding hydrogens is 489 g/mol. The molecule has 1 amide bonds. The van der Waals surface area contributed by atoms with Crippen molar-refractivity contribution in [2.75, 3.05) is 18.1 Å². The molecule has 0 aliphatic heterocycles. The molecule has 6 nitrogen and oxygen atoms in total. The van der Waals surface area contributed by atoms with Gasteiger partial charge in [-0.3, -0.25) is 0 Å². The van der Waals surface area contributed by atoms with E-state index in [1.54, 1.807) is 11.1 Å². The van der Waals surface area contributed by atoms with E-state index in [1.165, 1.54) is 0 Å². The van der Waals surface area contributed by atoms with Crippen LogP contribution in [0.5, 0.6) is 0 Å². The van der Waals surface area contributed by atoms with Gasteiger partial charge in [0.1, 0.15) is 0 Å². The fourth-order valence-electron chi connectivity index (χ4n) is 2.23. The average molecular weight is 530 g/mol. The zero-order valence-corrected chi connectivity index (χ0v) is 24.2. The van der Waals surface area contributed by atoms with Gasteiger partial charge < -0.3 is 0 Å². The second-order valence-corrected chi connectivity index (χ2v) is 30.2. The Morgan fingerprint density at radius 2 is 1.69 bits per heavy atom. The molecule has 0 fully saturated rings. The van der Waals surface area contributed by atoms with Gasteiger partial charge in [-0.2, -0.15) is 0 Å². The molecule has 0 atom stereocenters. The van der Waals surface area contributed by atoms with Gasteiger partial charge in [0.05, 0.1) is 0 Å². The van der Waals surface area contributed by atoms with Gasteiger partial charge in [-0.25, -0.2) is 0 Å². The van der Waals surface area contributed by atoms with Crippen molar-refractivity contribution in [3.63, 3.8) is 0 Å². The van der Waals surface area contributed by atoms with Crippen LogP contribution in [0.1, 0.15) is 48.0 Å². The van der Waals surface area contributed by atoms with Crippen molar-refractivity contribution in [3.05, 3.63) is 12.4 Å². The summed E-state index contributed by atoms with van der Waals surface area (Å²) < 4.78 is 13.0. The molecule has 8 heteroatoms. The van der Waals surface area contributed by atoms with Gasteiger partial charge in [0, 0.05) is 0 Å². The Balaban J connectivity index is 2.98. The Hall–Kier alpha value is -0.674.